The highest BCUT2D eigenvalue weighted by Crippen LogP contribution is 2.24. The number of nitrogens with zero attached hydrogens (tertiary/aromatic N) is 1. The lowest BCUT2D eigenvalue weighted by Crippen LogP contribution is -2.44. The van der Waals surface area contributed by atoms with Gasteiger partial charge in [-0.1, -0.05) is 18.5 Å². The largest absolute Gasteiger partial charge is 0.339 e. The molecule has 0 saturated carbocycles. The Labute approximate surface area is 124 Å². The van der Waals surface area contributed by atoms with E-state index in [2.05, 4.69) is 11.8 Å². The molecule has 0 aliphatic carbocycles. The van der Waals surface area contributed by atoms with Crippen molar-refractivity contribution < 1.29 is 4.79 Å². The third-order valence-electron chi connectivity index (χ3n) is 3.59. The van der Waals surface area contributed by atoms with E-state index >= 15 is 0 Å². The Morgan fingerprint density at radius 3 is 2.79 bits per heavy atom. The molecule has 1 heterocycles. The van der Waals surface area contributed by atoms with Crippen LogP contribution in [0.4, 0.5) is 0 Å². The first kappa shape index (κ1) is 14.7. The van der Waals surface area contributed by atoms with E-state index in [4.69, 9.17) is 11.6 Å². The van der Waals surface area contributed by atoms with E-state index in [1.165, 1.54) is 6.42 Å². The van der Waals surface area contributed by atoms with E-state index in [-0.39, 0.29) is 5.91 Å². The number of carbonyl (C=O) groups is 1. The predicted molar refractivity (Wildman–Crippen MR) is 81.8 cm³/mol. The molecular weight excluding hydrogens is 278 g/mol. The van der Waals surface area contributed by atoms with Crippen LogP contribution in [0.1, 0.15) is 32.6 Å². The van der Waals surface area contributed by atoms with Gasteiger partial charge >= 0.3 is 0 Å². The summed E-state index contributed by atoms with van der Waals surface area (Å²) >= 11 is 7.44. The Bertz CT molecular complexity index is 421. The minimum atomic E-state index is 0.270. The number of rotatable bonds is 4. The van der Waals surface area contributed by atoms with Crippen molar-refractivity contribution in [3.63, 3.8) is 0 Å². The van der Waals surface area contributed by atoms with Gasteiger partial charge in [-0.05, 0) is 49.9 Å². The summed E-state index contributed by atoms with van der Waals surface area (Å²) < 4.78 is 0. The fraction of sp³-hybridized carbons (Fsp3) is 0.533. The first-order valence-electron chi connectivity index (χ1n) is 6.88. The van der Waals surface area contributed by atoms with E-state index in [0.717, 1.165) is 35.7 Å². The molecule has 104 valence electrons. The Kier molecular flexibility index (Phi) is 5.59. The average molecular weight is 298 g/mol. The number of hydrogen-bond donors (Lipinski definition) is 0. The highest BCUT2D eigenvalue weighted by Gasteiger charge is 2.24. The van der Waals surface area contributed by atoms with Crippen molar-refractivity contribution in [2.45, 2.75) is 43.5 Å². The summed E-state index contributed by atoms with van der Waals surface area (Å²) in [6.45, 7) is 3.10. The zero-order valence-electron chi connectivity index (χ0n) is 11.3. The number of piperidine rings is 1. The second-order valence-electron chi connectivity index (χ2n) is 4.89. The van der Waals surface area contributed by atoms with E-state index < -0.39 is 0 Å². The van der Waals surface area contributed by atoms with Gasteiger partial charge in [-0.25, -0.2) is 0 Å². The molecule has 0 unspecified atom stereocenters. The zero-order valence-corrected chi connectivity index (χ0v) is 12.8. The zero-order chi connectivity index (χ0) is 13.7. The van der Waals surface area contributed by atoms with Gasteiger partial charge in [-0.2, -0.15) is 0 Å². The molecule has 1 aromatic rings. The van der Waals surface area contributed by atoms with Crippen LogP contribution in [0.25, 0.3) is 0 Å². The average Bonchev–Trinajstić information content (AvgIpc) is 2.46. The Hall–Kier alpha value is -0.670. The van der Waals surface area contributed by atoms with Gasteiger partial charge in [-0.3, -0.25) is 4.79 Å². The molecule has 1 aliphatic rings. The van der Waals surface area contributed by atoms with Crippen molar-refractivity contribution in [2.75, 3.05) is 12.3 Å². The van der Waals surface area contributed by atoms with Crippen molar-refractivity contribution in [3.8, 4) is 0 Å². The summed E-state index contributed by atoms with van der Waals surface area (Å²) in [6.07, 6.45) is 4.63. The van der Waals surface area contributed by atoms with Gasteiger partial charge in [0.1, 0.15) is 0 Å². The molecule has 4 heteroatoms. The maximum atomic E-state index is 12.3. The van der Waals surface area contributed by atoms with Crippen LogP contribution in [0.3, 0.4) is 0 Å². The van der Waals surface area contributed by atoms with E-state index in [9.17, 15) is 4.79 Å². The van der Waals surface area contributed by atoms with Gasteiger partial charge in [0.25, 0.3) is 0 Å². The summed E-state index contributed by atoms with van der Waals surface area (Å²) in [5, 5.41) is 0.734. The minimum absolute atomic E-state index is 0.270. The monoisotopic (exact) mass is 297 g/mol. The van der Waals surface area contributed by atoms with Crippen molar-refractivity contribution in [1.82, 2.24) is 4.90 Å². The molecular formula is C15H20ClNOS. The number of thioether (sulfide) groups is 1. The summed E-state index contributed by atoms with van der Waals surface area (Å²) in [5.41, 5.74) is 0. The number of amides is 1. The van der Waals surface area contributed by atoms with E-state index in [0.29, 0.717) is 11.8 Å². The fourth-order valence-electron chi connectivity index (χ4n) is 2.51. The fourth-order valence-corrected chi connectivity index (χ4v) is 3.42. The number of hydrogen-bond acceptors (Lipinski definition) is 2. The summed E-state index contributed by atoms with van der Waals surface area (Å²) in [5.74, 6) is 0.796. The van der Waals surface area contributed by atoms with Gasteiger partial charge in [-0.15, -0.1) is 11.8 Å². The van der Waals surface area contributed by atoms with Crippen LogP contribution in [0, 0.1) is 0 Å². The van der Waals surface area contributed by atoms with E-state index in [1.807, 2.05) is 24.3 Å². The molecule has 1 aliphatic heterocycles. The highest BCUT2D eigenvalue weighted by molar-refractivity contribution is 8.00. The van der Waals surface area contributed by atoms with Gasteiger partial charge in [0.15, 0.2) is 0 Å². The van der Waals surface area contributed by atoms with Crippen molar-refractivity contribution in [3.05, 3.63) is 29.3 Å². The molecule has 0 N–H and O–H groups in total. The van der Waals surface area contributed by atoms with Crippen LogP contribution in [-0.4, -0.2) is 29.1 Å². The molecule has 0 radical (unpaired) electrons. The van der Waals surface area contributed by atoms with Gasteiger partial charge in [0.05, 0.1) is 5.75 Å². The minimum Gasteiger partial charge on any atom is -0.339 e. The third kappa shape index (κ3) is 4.15. The standard InChI is InChI=1S/C15H20ClNOS/c1-2-13-5-3-4-10-17(13)15(18)11-19-14-8-6-12(16)7-9-14/h6-9,13H,2-5,10-11H2,1H3/t13-/m0/s1. The van der Waals surface area contributed by atoms with Crippen molar-refractivity contribution in [2.24, 2.45) is 0 Å². The SMILES string of the molecule is CC[C@H]1CCCCN1C(=O)CSc1ccc(Cl)cc1. The maximum absolute atomic E-state index is 12.3. The predicted octanol–water partition coefficient (Wildman–Crippen LogP) is 4.22. The Balaban J connectivity index is 1.87. The second kappa shape index (κ2) is 7.20. The lowest BCUT2D eigenvalue weighted by Gasteiger charge is -2.35. The number of halogens is 1. The lowest BCUT2D eigenvalue weighted by molar-refractivity contribution is -0.132. The highest BCUT2D eigenvalue weighted by atomic mass is 35.5. The molecule has 1 fully saturated rings. The van der Waals surface area contributed by atoms with Crippen molar-refractivity contribution >= 4 is 29.3 Å². The Morgan fingerprint density at radius 2 is 2.11 bits per heavy atom. The first-order chi connectivity index (χ1) is 9.20. The molecule has 2 nitrogen and oxygen atoms in total. The molecule has 1 atom stereocenters. The quantitative estimate of drug-likeness (QED) is 0.775. The number of likely N-dealkylation sites (tertiary alicyclic amines) is 1. The topological polar surface area (TPSA) is 20.3 Å². The molecule has 1 saturated heterocycles. The van der Waals surface area contributed by atoms with Crippen LogP contribution in [0.5, 0.6) is 0 Å². The number of benzene rings is 1. The molecule has 0 spiro atoms. The molecule has 1 amide bonds. The van der Waals surface area contributed by atoms with Crippen LogP contribution in [-0.2, 0) is 4.79 Å². The summed E-state index contributed by atoms with van der Waals surface area (Å²) in [4.78, 5) is 15.5. The molecule has 0 bridgehead atoms. The van der Waals surface area contributed by atoms with Crippen LogP contribution in [0.2, 0.25) is 5.02 Å². The molecule has 1 aromatic carbocycles. The first-order valence-corrected chi connectivity index (χ1v) is 8.25. The summed E-state index contributed by atoms with van der Waals surface area (Å²) in [7, 11) is 0. The Morgan fingerprint density at radius 1 is 1.37 bits per heavy atom. The third-order valence-corrected chi connectivity index (χ3v) is 4.84. The van der Waals surface area contributed by atoms with Gasteiger partial charge in [0.2, 0.25) is 5.91 Å². The lowest BCUT2D eigenvalue weighted by atomic mass is 10.0. The van der Waals surface area contributed by atoms with Gasteiger partial charge in [0, 0.05) is 22.5 Å². The number of carbonyl (C=O) groups excluding carboxylic acids is 1. The molecule has 19 heavy (non-hydrogen) atoms. The summed E-state index contributed by atoms with van der Waals surface area (Å²) in [6, 6.07) is 8.11. The smallest absolute Gasteiger partial charge is 0.233 e. The maximum Gasteiger partial charge on any atom is 0.233 e. The molecule has 2 rings (SSSR count). The normalized spacial score (nSPS) is 19.5. The second-order valence-corrected chi connectivity index (χ2v) is 6.37. The molecule has 0 aromatic heterocycles. The van der Waals surface area contributed by atoms with Crippen molar-refractivity contribution in [1.29, 1.82) is 0 Å². The van der Waals surface area contributed by atoms with Crippen LogP contribution >= 0.6 is 23.4 Å². The van der Waals surface area contributed by atoms with Crippen LogP contribution < -0.4 is 0 Å². The van der Waals surface area contributed by atoms with Gasteiger partial charge < -0.3 is 4.90 Å². The van der Waals surface area contributed by atoms with E-state index in [1.54, 1.807) is 11.8 Å². The van der Waals surface area contributed by atoms with Crippen LogP contribution in [0.15, 0.2) is 29.2 Å².